The van der Waals surface area contributed by atoms with Crippen LogP contribution in [0.5, 0.6) is 5.75 Å². The molecule has 1 saturated heterocycles. The van der Waals surface area contributed by atoms with Gasteiger partial charge in [0, 0.05) is 23.4 Å². The largest absolute Gasteiger partial charge is 0.493 e. The molecule has 3 heterocycles. The third kappa shape index (κ3) is 6.76. The summed E-state index contributed by atoms with van der Waals surface area (Å²) in [5.41, 5.74) is 2.98. The van der Waals surface area contributed by atoms with Gasteiger partial charge in [0.05, 0.1) is 24.0 Å². The predicted octanol–water partition coefficient (Wildman–Crippen LogP) is 5.60. The fourth-order valence-electron chi connectivity index (χ4n) is 5.91. The van der Waals surface area contributed by atoms with Crippen LogP contribution < -0.4 is 4.74 Å². The molecule has 3 aromatic rings. The number of nitrogens with zero attached hydrogens (tertiary/aromatic N) is 4. The van der Waals surface area contributed by atoms with Gasteiger partial charge in [-0.15, -0.1) is 11.3 Å². The minimum Gasteiger partial charge on any atom is -0.493 e. The molecule has 2 fully saturated rings. The van der Waals surface area contributed by atoms with E-state index in [1.54, 1.807) is 11.3 Å². The molecule has 0 unspecified atom stereocenters. The maximum atomic E-state index is 9.80. The van der Waals surface area contributed by atoms with E-state index in [9.17, 15) is 5.11 Å². The molecule has 2 aromatic heterocycles. The number of rotatable bonds is 10. The first-order valence-electron chi connectivity index (χ1n) is 14.1. The number of aromatic nitrogens is 1. The Balaban J connectivity index is 1.18. The van der Waals surface area contributed by atoms with Crippen molar-refractivity contribution in [3.63, 3.8) is 0 Å². The smallest absolute Gasteiger partial charge is 0.175 e. The molecule has 0 atom stereocenters. The van der Waals surface area contributed by atoms with Gasteiger partial charge < -0.3 is 19.3 Å². The third-order valence-electron chi connectivity index (χ3n) is 8.19. The summed E-state index contributed by atoms with van der Waals surface area (Å²) in [5, 5.41) is 24.5. The van der Waals surface area contributed by atoms with Crippen molar-refractivity contribution < 1.29 is 14.4 Å². The zero-order valence-electron chi connectivity index (χ0n) is 22.7. The van der Waals surface area contributed by atoms with E-state index in [1.165, 1.54) is 17.7 Å². The van der Waals surface area contributed by atoms with Gasteiger partial charge in [-0.05, 0) is 115 Å². The van der Waals surface area contributed by atoms with Gasteiger partial charge >= 0.3 is 0 Å². The van der Waals surface area contributed by atoms with Gasteiger partial charge in [0.1, 0.15) is 16.7 Å². The SMILES string of the molecule is CN(C)Cc1c(OCC2CCC(O)CC2)ccc2c(CCC3CCN(Cc4ccc(C#N)s4)CC3)noc12. The maximum Gasteiger partial charge on any atom is 0.175 e. The van der Waals surface area contributed by atoms with Gasteiger partial charge in [0.25, 0.3) is 0 Å². The van der Waals surface area contributed by atoms with Crippen molar-refractivity contribution in [2.45, 2.75) is 70.6 Å². The van der Waals surface area contributed by atoms with Crippen molar-refractivity contribution in [3.05, 3.63) is 45.3 Å². The Hall–Kier alpha value is -2.44. The number of piperidine rings is 1. The maximum absolute atomic E-state index is 9.80. The lowest BCUT2D eigenvalue weighted by Gasteiger charge is -2.31. The first kappa shape index (κ1) is 27.1. The van der Waals surface area contributed by atoms with Gasteiger partial charge in [-0.1, -0.05) is 5.16 Å². The average molecular weight is 537 g/mol. The minimum atomic E-state index is -0.142. The van der Waals surface area contributed by atoms with E-state index in [4.69, 9.17) is 14.5 Å². The molecule has 1 N–H and O–H groups in total. The van der Waals surface area contributed by atoms with Crippen molar-refractivity contribution in [3.8, 4) is 11.8 Å². The molecular formula is C30H40N4O3S. The highest BCUT2D eigenvalue weighted by atomic mass is 32.1. The summed E-state index contributed by atoms with van der Waals surface area (Å²) in [5.74, 6) is 2.09. The highest BCUT2D eigenvalue weighted by molar-refractivity contribution is 7.12. The summed E-state index contributed by atoms with van der Waals surface area (Å²) in [6, 6.07) is 10.5. The summed E-state index contributed by atoms with van der Waals surface area (Å²) in [4.78, 5) is 6.74. The molecule has 0 radical (unpaired) electrons. The van der Waals surface area contributed by atoms with Crippen LogP contribution >= 0.6 is 11.3 Å². The van der Waals surface area contributed by atoms with Crippen molar-refractivity contribution in [1.82, 2.24) is 15.0 Å². The summed E-state index contributed by atoms with van der Waals surface area (Å²) in [7, 11) is 4.13. The van der Waals surface area contributed by atoms with Crippen LogP contribution in [0.15, 0.2) is 28.8 Å². The molecule has 2 aliphatic rings. The molecule has 0 amide bonds. The van der Waals surface area contributed by atoms with Crippen molar-refractivity contribution >= 4 is 22.3 Å². The molecule has 0 spiro atoms. The number of fused-ring (bicyclic) bond motifs is 1. The van der Waals surface area contributed by atoms with Crippen LogP contribution in [0.4, 0.5) is 0 Å². The van der Waals surface area contributed by atoms with Gasteiger partial charge in [-0.25, -0.2) is 0 Å². The van der Waals surface area contributed by atoms with Gasteiger partial charge in [-0.2, -0.15) is 5.26 Å². The molecule has 1 aliphatic carbocycles. The van der Waals surface area contributed by atoms with Crippen LogP contribution in [0.3, 0.4) is 0 Å². The first-order valence-corrected chi connectivity index (χ1v) is 14.9. The number of aryl methyl sites for hydroxylation is 1. The second-order valence-corrected chi connectivity index (χ2v) is 12.6. The monoisotopic (exact) mass is 536 g/mol. The fourth-order valence-corrected chi connectivity index (χ4v) is 6.76. The Morgan fingerprint density at radius 1 is 1.11 bits per heavy atom. The quantitative estimate of drug-likeness (QED) is 0.361. The van der Waals surface area contributed by atoms with Crippen molar-refractivity contribution in [1.29, 1.82) is 5.26 Å². The Labute approximate surface area is 230 Å². The molecule has 1 aromatic carbocycles. The van der Waals surface area contributed by atoms with E-state index >= 15 is 0 Å². The van der Waals surface area contributed by atoms with Crippen LogP contribution in [0.2, 0.25) is 0 Å². The topological polar surface area (TPSA) is 85.8 Å². The molecule has 1 aliphatic heterocycles. The Morgan fingerprint density at radius 2 is 1.89 bits per heavy atom. The van der Waals surface area contributed by atoms with Crippen LogP contribution in [0, 0.1) is 23.2 Å². The Kier molecular flexibility index (Phi) is 9.01. The summed E-state index contributed by atoms with van der Waals surface area (Å²) >= 11 is 1.61. The van der Waals surface area contributed by atoms with E-state index in [-0.39, 0.29) is 6.10 Å². The molecule has 7 nitrogen and oxygen atoms in total. The van der Waals surface area contributed by atoms with Crippen LogP contribution in [0.1, 0.15) is 66.0 Å². The molecule has 204 valence electrons. The molecule has 5 rings (SSSR count). The summed E-state index contributed by atoms with van der Waals surface area (Å²) in [6.45, 7) is 4.59. The summed E-state index contributed by atoms with van der Waals surface area (Å²) in [6.07, 6.45) is 8.11. The minimum absolute atomic E-state index is 0.142. The van der Waals surface area contributed by atoms with Crippen molar-refractivity contribution in [2.75, 3.05) is 33.8 Å². The van der Waals surface area contributed by atoms with Crippen LogP contribution in [0.25, 0.3) is 11.0 Å². The first-order chi connectivity index (χ1) is 18.5. The van der Waals surface area contributed by atoms with Crippen LogP contribution in [-0.4, -0.2) is 60.0 Å². The number of hydrogen-bond acceptors (Lipinski definition) is 8. The lowest BCUT2D eigenvalue weighted by Crippen LogP contribution is -2.33. The zero-order chi connectivity index (χ0) is 26.5. The van der Waals surface area contributed by atoms with E-state index in [0.29, 0.717) is 18.4 Å². The molecule has 38 heavy (non-hydrogen) atoms. The van der Waals surface area contributed by atoms with Gasteiger partial charge in [0.2, 0.25) is 0 Å². The predicted molar refractivity (Wildman–Crippen MR) is 150 cm³/mol. The number of thiophene rings is 1. The lowest BCUT2D eigenvalue weighted by molar-refractivity contribution is 0.0914. The highest BCUT2D eigenvalue weighted by Gasteiger charge is 2.24. The van der Waals surface area contributed by atoms with E-state index in [2.05, 4.69) is 53.3 Å². The normalized spacial score (nSPS) is 21.2. The average Bonchev–Trinajstić information content (AvgIpc) is 3.55. The molecule has 8 heteroatoms. The van der Waals surface area contributed by atoms with E-state index in [0.717, 1.165) is 97.6 Å². The molecule has 0 bridgehead atoms. The Bertz CT molecular complexity index is 1230. The van der Waals surface area contributed by atoms with Crippen LogP contribution in [-0.2, 0) is 19.5 Å². The number of nitriles is 1. The fraction of sp³-hybridized carbons (Fsp3) is 0.600. The number of hydrogen-bond donors (Lipinski definition) is 1. The number of likely N-dealkylation sites (tertiary alicyclic amines) is 1. The van der Waals surface area contributed by atoms with Crippen molar-refractivity contribution in [2.24, 2.45) is 11.8 Å². The number of aliphatic hydroxyl groups is 1. The Morgan fingerprint density at radius 3 is 2.61 bits per heavy atom. The zero-order valence-corrected chi connectivity index (χ0v) is 23.5. The lowest BCUT2D eigenvalue weighted by atomic mass is 9.88. The number of benzene rings is 1. The van der Waals surface area contributed by atoms with Gasteiger partial charge in [0.15, 0.2) is 5.58 Å². The summed E-state index contributed by atoms with van der Waals surface area (Å²) < 4.78 is 12.3. The highest BCUT2D eigenvalue weighted by Crippen LogP contribution is 2.34. The van der Waals surface area contributed by atoms with E-state index in [1.807, 2.05) is 6.07 Å². The third-order valence-corrected chi connectivity index (χ3v) is 9.16. The standard InChI is InChI=1S/C30H40N4O3S/c1-33(2)19-27-29(36-20-22-3-6-23(35)7-4-22)12-10-26-28(32-37-30(26)27)11-5-21-13-15-34(16-14-21)18-25-9-8-24(17-31)38-25/h8-10,12,21-23,35H,3-7,11,13-16,18-20H2,1-2H3. The number of ether oxygens (including phenoxy) is 1. The van der Waals surface area contributed by atoms with Gasteiger partial charge in [-0.3, -0.25) is 4.90 Å². The molecular weight excluding hydrogens is 496 g/mol. The number of aliphatic hydroxyl groups excluding tert-OH is 1. The van der Waals surface area contributed by atoms with E-state index < -0.39 is 0 Å². The molecule has 1 saturated carbocycles. The second kappa shape index (κ2) is 12.6. The second-order valence-electron chi connectivity index (χ2n) is 11.4.